The molecule has 5 nitrogen and oxygen atoms in total. The molecule has 0 aliphatic rings. The molecule has 0 N–H and O–H groups in total. The van der Waals surface area contributed by atoms with Gasteiger partial charge in [-0.25, -0.2) is 9.59 Å². The van der Waals surface area contributed by atoms with Crippen molar-refractivity contribution >= 4 is 28.5 Å². The van der Waals surface area contributed by atoms with Crippen LogP contribution in [0.1, 0.15) is 21.7 Å². The van der Waals surface area contributed by atoms with Crippen molar-refractivity contribution in [3.05, 3.63) is 62.9 Å². The van der Waals surface area contributed by atoms with Crippen molar-refractivity contribution in [2.75, 3.05) is 0 Å². The number of hydrogen-bond donors (Lipinski definition) is 0. The monoisotopic (exact) mass is 318 g/mol. The molecule has 0 saturated carbocycles. The lowest BCUT2D eigenvalue weighted by Crippen LogP contribution is -2.09. The smallest absolute Gasteiger partial charge is 0.379 e. The van der Waals surface area contributed by atoms with Gasteiger partial charge in [0.2, 0.25) is 5.76 Å². The van der Waals surface area contributed by atoms with Crippen LogP contribution in [0.2, 0.25) is 5.02 Å². The Bertz CT molecular complexity index is 922. The minimum Gasteiger partial charge on any atom is -0.457 e. The number of hydrogen-bond acceptors (Lipinski definition) is 5. The average molecular weight is 319 g/mol. The molecule has 1 aromatic carbocycles. The molecular formula is C16H11ClO5. The Balaban J connectivity index is 2.08. The lowest BCUT2D eigenvalue weighted by Gasteiger charge is -2.08. The highest BCUT2D eigenvalue weighted by Crippen LogP contribution is 2.32. The summed E-state index contributed by atoms with van der Waals surface area (Å²) in [5.41, 5.74) is 1.16. The Morgan fingerprint density at radius 3 is 2.68 bits per heavy atom. The number of ether oxygens (including phenoxy) is 1. The first kappa shape index (κ1) is 14.4. The van der Waals surface area contributed by atoms with Gasteiger partial charge in [0.05, 0.1) is 11.3 Å². The number of furan rings is 1. The van der Waals surface area contributed by atoms with Crippen molar-refractivity contribution in [3.8, 4) is 5.75 Å². The molecule has 0 aliphatic carbocycles. The molecular weight excluding hydrogens is 308 g/mol. The van der Waals surface area contributed by atoms with Crippen LogP contribution in [0, 0.1) is 13.8 Å². The standard InChI is InChI=1S/C16H11ClO5/c1-8-9(2)15(18)21-13-7-14(11(17)6-10(8)13)22-16(19)12-4-3-5-20-12/h3-7H,1-2H3. The van der Waals surface area contributed by atoms with Gasteiger partial charge in [-0.2, -0.15) is 0 Å². The van der Waals surface area contributed by atoms with Gasteiger partial charge in [-0.15, -0.1) is 0 Å². The third-order valence-electron chi connectivity index (χ3n) is 3.43. The number of carbonyl (C=O) groups is 1. The van der Waals surface area contributed by atoms with Gasteiger partial charge in [0.1, 0.15) is 5.58 Å². The quantitative estimate of drug-likeness (QED) is 0.407. The van der Waals surface area contributed by atoms with Crippen LogP contribution in [0.3, 0.4) is 0 Å². The summed E-state index contributed by atoms with van der Waals surface area (Å²) in [6.07, 6.45) is 1.36. The van der Waals surface area contributed by atoms with E-state index in [4.69, 9.17) is 25.2 Å². The number of halogens is 1. The summed E-state index contributed by atoms with van der Waals surface area (Å²) in [7, 11) is 0. The first-order chi connectivity index (χ1) is 10.5. The zero-order valence-electron chi connectivity index (χ0n) is 11.8. The molecule has 0 fully saturated rings. The van der Waals surface area contributed by atoms with E-state index in [0.717, 1.165) is 5.56 Å². The van der Waals surface area contributed by atoms with Crippen LogP contribution in [-0.4, -0.2) is 5.97 Å². The molecule has 3 aromatic rings. The lowest BCUT2D eigenvalue weighted by molar-refractivity contribution is 0.0701. The molecule has 0 amide bonds. The molecule has 2 aromatic heterocycles. The molecule has 0 atom stereocenters. The summed E-state index contributed by atoms with van der Waals surface area (Å²) in [4.78, 5) is 23.6. The summed E-state index contributed by atoms with van der Waals surface area (Å²) >= 11 is 6.15. The maximum atomic E-state index is 11.9. The van der Waals surface area contributed by atoms with Gasteiger partial charge in [0.15, 0.2) is 5.75 Å². The first-order valence-corrected chi connectivity index (χ1v) is 6.84. The molecule has 2 heterocycles. The summed E-state index contributed by atoms with van der Waals surface area (Å²) in [6.45, 7) is 3.48. The van der Waals surface area contributed by atoms with Crippen molar-refractivity contribution in [3.63, 3.8) is 0 Å². The Labute approximate surface area is 130 Å². The van der Waals surface area contributed by atoms with E-state index in [2.05, 4.69) is 0 Å². The molecule has 0 spiro atoms. The normalized spacial score (nSPS) is 10.9. The Morgan fingerprint density at radius 1 is 1.23 bits per heavy atom. The number of benzene rings is 1. The Hall–Kier alpha value is -2.53. The molecule has 0 bridgehead atoms. The second-order valence-electron chi connectivity index (χ2n) is 4.79. The van der Waals surface area contributed by atoms with E-state index in [1.165, 1.54) is 18.4 Å². The van der Waals surface area contributed by atoms with Gasteiger partial charge < -0.3 is 13.6 Å². The van der Waals surface area contributed by atoms with Crippen LogP contribution >= 0.6 is 11.6 Å². The molecule has 112 valence electrons. The van der Waals surface area contributed by atoms with Gasteiger partial charge in [-0.05, 0) is 37.6 Å². The average Bonchev–Trinajstić information content (AvgIpc) is 3.01. The third kappa shape index (κ3) is 2.40. The van der Waals surface area contributed by atoms with Crippen molar-refractivity contribution in [1.82, 2.24) is 0 Å². The predicted molar refractivity (Wildman–Crippen MR) is 80.6 cm³/mol. The SMILES string of the molecule is Cc1c(C)c2cc(Cl)c(OC(=O)c3ccco3)cc2oc1=O. The van der Waals surface area contributed by atoms with E-state index < -0.39 is 11.6 Å². The summed E-state index contributed by atoms with van der Waals surface area (Å²) in [5.74, 6) is -0.530. The molecule has 0 aliphatic heterocycles. The van der Waals surface area contributed by atoms with E-state index in [0.29, 0.717) is 16.5 Å². The second-order valence-corrected chi connectivity index (χ2v) is 5.19. The molecule has 3 rings (SSSR count). The van der Waals surface area contributed by atoms with E-state index in [1.54, 1.807) is 26.0 Å². The van der Waals surface area contributed by atoms with Crippen LogP contribution in [-0.2, 0) is 0 Å². The molecule has 0 saturated heterocycles. The van der Waals surface area contributed by atoms with Crippen LogP contribution in [0.5, 0.6) is 5.75 Å². The first-order valence-electron chi connectivity index (χ1n) is 6.46. The highest BCUT2D eigenvalue weighted by molar-refractivity contribution is 6.33. The van der Waals surface area contributed by atoms with Gasteiger partial charge >= 0.3 is 11.6 Å². The zero-order valence-corrected chi connectivity index (χ0v) is 12.6. The minimum absolute atomic E-state index is 0.0534. The fourth-order valence-corrected chi connectivity index (χ4v) is 2.27. The van der Waals surface area contributed by atoms with Crippen molar-refractivity contribution in [2.45, 2.75) is 13.8 Å². The zero-order chi connectivity index (χ0) is 15.9. The molecule has 0 unspecified atom stereocenters. The Morgan fingerprint density at radius 2 is 2.00 bits per heavy atom. The van der Waals surface area contributed by atoms with Gasteiger partial charge in [-0.1, -0.05) is 11.6 Å². The van der Waals surface area contributed by atoms with Crippen LogP contribution < -0.4 is 10.4 Å². The topological polar surface area (TPSA) is 69.7 Å². The number of aryl methyl sites for hydroxylation is 1. The van der Waals surface area contributed by atoms with Crippen LogP contribution in [0.4, 0.5) is 0 Å². The number of rotatable bonds is 2. The van der Waals surface area contributed by atoms with E-state index in [9.17, 15) is 9.59 Å². The van der Waals surface area contributed by atoms with E-state index in [1.807, 2.05) is 0 Å². The summed E-state index contributed by atoms with van der Waals surface area (Å²) < 4.78 is 15.4. The third-order valence-corrected chi connectivity index (χ3v) is 3.73. The maximum Gasteiger partial charge on any atom is 0.379 e. The Kier molecular flexibility index (Phi) is 3.50. The summed E-state index contributed by atoms with van der Waals surface area (Å²) in [6, 6.07) is 6.08. The second kappa shape index (κ2) is 5.35. The van der Waals surface area contributed by atoms with Gasteiger partial charge in [0, 0.05) is 17.0 Å². The lowest BCUT2D eigenvalue weighted by atomic mass is 10.1. The predicted octanol–water partition coefficient (Wildman–Crippen LogP) is 3.88. The largest absolute Gasteiger partial charge is 0.457 e. The van der Waals surface area contributed by atoms with Crippen molar-refractivity contribution in [2.24, 2.45) is 0 Å². The number of fused-ring (bicyclic) bond motifs is 1. The van der Waals surface area contributed by atoms with Crippen molar-refractivity contribution in [1.29, 1.82) is 0 Å². The minimum atomic E-state index is -0.683. The molecule has 6 heteroatoms. The van der Waals surface area contributed by atoms with Crippen LogP contribution in [0.15, 0.2) is 44.2 Å². The summed E-state index contributed by atoms with van der Waals surface area (Å²) in [5, 5.41) is 0.934. The van der Waals surface area contributed by atoms with Gasteiger partial charge in [0.25, 0.3) is 0 Å². The molecule has 22 heavy (non-hydrogen) atoms. The maximum absolute atomic E-state index is 11.9. The number of carbonyl (C=O) groups excluding carboxylic acids is 1. The fraction of sp³-hybridized carbons (Fsp3) is 0.125. The van der Waals surface area contributed by atoms with E-state index in [-0.39, 0.29) is 16.5 Å². The van der Waals surface area contributed by atoms with Crippen molar-refractivity contribution < 1.29 is 18.4 Å². The highest BCUT2D eigenvalue weighted by atomic mass is 35.5. The fourth-order valence-electron chi connectivity index (χ4n) is 2.07. The van der Waals surface area contributed by atoms with E-state index >= 15 is 0 Å². The highest BCUT2D eigenvalue weighted by Gasteiger charge is 2.16. The van der Waals surface area contributed by atoms with Gasteiger partial charge in [-0.3, -0.25) is 0 Å². The number of esters is 1. The molecule has 0 radical (unpaired) electrons. The van der Waals surface area contributed by atoms with Crippen LogP contribution in [0.25, 0.3) is 11.0 Å².